The quantitative estimate of drug-likeness (QED) is 0.833. The monoisotopic (exact) mass is 254 g/mol. The van der Waals surface area contributed by atoms with Crippen molar-refractivity contribution in [2.45, 2.75) is 69.6 Å². The molecule has 1 N–H and O–H groups in total. The lowest BCUT2D eigenvalue weighted by Gasteiger charge is -2.43. The van der Waals surface area contributed by atoms with Gasteiger partial charge in [-0.1, -0.05) is 6.92 Å². The first kappa shape index (κ1) is 12.3. The van der Waals surface area contributed by atoms with Crippen molar-refractivity contribution >= 4 is 11.8 Å². The molecule has 0 spiro atoms. The molecule has 0 aromatic rings. The van der Waals surface area contributed by atoms with Gasteiger partial charge in [-0.25, -0.2) is 0 Å². The number of piperidine rings is 1. The maximum absolute atomic E-state index is 3.77. The Morgan fingerprint density at radius 3 is 2.24 bits per heavy atom. The lowest BCUT2D eigenvalue weighted by atomic mass is 9.95. The Balaban J connectivity index is 1.63. The summed E-state index contributed by atoms with van der Waals surface area (Å²) >= 11 is 2.15. The lowest BCUT2D eigenvalue weighted by Crippen LogP contribution is -2.52. The third kappa shape index (κ3) is 2.66. The maximum atomic E-state index is 3.77. The highest BCUT2D eigenvalue weighted by Gasteiger charge is 2.37. The van der Waals surface area contributed by atoms with Crippen molar-refractivity contribution in [1.82, 2.24) is 10.2 Å². The molecule has 3 aliphatic rings. The van der Waals surface area contributed by atoms with Gasteiger partial charge in [-0.05, 0) is 56.6 Å². The number of thioether (sulfide) groups is 1. The Morgan fingerprint density at radius 1 is 1.00 bits per heavy atom. The molecule has 0 amide bonds. The Morgan fingerprint density at radius 2 is 1.65 bits per heavy atom. The standard InChI is InChI=1S/C14H26N2S/c1-2-16(13-5-7-17-8-6-13)14-9-11-3-4-12(10-14)15-11/h11-15H,2-10H2,1H3. The summed E-state index contributed by atoms with van der Waals surface area (Å²) < 4.78 is 0. The van der Waals surface area contributed by atoms with Gasteiger partial charge in [0.1, 0.15) is 0 Å². The van der Waals surface area contributed by atoms with Crippen molar-refractivity contribution in [3.05, 3.63) is 0 Å². The number of nitrogens with zero attached hydrogens (tertiary/aromatic N) is 1. The first-order valence-electron chi connectivity index (χ1n) is 7.46. The molecule has 98 valence electrons. The molecule has 0 aromatic heterocycles. The van der Waals surface area contributed by atoms with Gasteiger partial charge in [0.25, 0.3) is 0 Å². The topological polar surface area (TPSA) is 15.3 Å². The summed E-state index contributed by atoms with van der Waals surface area (Å²) in [6, 6.07) is 3.45. The van der Waals surface area contributed by atoms with Crippen LogP contribution in [0.2, 0.25) is 0 Å². The zero-order valence-corrected chi connectivity index (χ0v) is 11.8. The van der Waals surface area contributed by atoms with Gasteiger partial charge in [-0.3, -0.25) is 4.90 Å². The predicted octanol–water partition coefficient (Wildman–Crippen LogP) is 2.49. The molecule has 2 unspecified atom stereocenters. The number of hydrogen-bond acceptors (Lipinski definition) is 3. The Kier molecular flexibility index (Phi) is 3.98. The summed E-state index contributed by atoms with van der Waals surface area (Å²) in [6.07, 6.45) is 8.54. The summed E-state index contributed by atoms with van der Waals surface area (Å²) in [5.74, 6) is 2.78. The zero-order valence-electron chi connectivity index (χ0n) is 11.0. The van der Waals surface area contributed by atoms with Crippen LogP contribution in [0.3, 0.4) is 0 Å². The average molecular weight is 254 g/mol. The molecule has 3 heteroatoms. The molecular formula is C14H26N2S. The van der Waals surface area contributed by atoms with Crippen molar-refractivity contribution in [2.75, 3.05) is 18.1 Å². The third-order valence-electron chi connectivity index (χ3n) is 4.94. The first-order chi connectivity index (χ1) is 8.36. The normalized spacial score (nSPS) is 38.8. The highest BCUT2D eigenvalue weighted by molar-refractivity contribution is 7.99. The van der Waals surface area contributed by atoms with Crippen LogP contribution in [0.4, 0.5) is 0 Å². The molecule has 0 aliphatic carbocycles. The fourth-order valence-corrected chi connectivity index (χ4v) is 5.21. The maximum Gasteiger partial charge on any atom is 0.0128 e. The number of nitrogens with one attached hydrogen (secondary N) is 1. The van der Waals surface area contributed by atoms with Crippen molar-refractivity contribution < 1.29 is 0 Å². The van der Waals surface area contributed by atoms with E-state index in [9.17, 15) is 0 Å². The highest BCUT2D eigenvalue weighted by atomic mass is 32.2. The van der Waals surface area contributed by atoms with E-state index in [0.717, 1.165) is 24.2 Å². The minimum absolute atomic E-state index is 0.839. The molecule has 0 saturated carbocycles. The van der Waals surface area contributed by atoms with E-state index in [2.05, 4.69) is 28.9 Å². The van der Waals surface area contributed by atoms with Gasteiger partial charge in [0, 0.05) is 24.2 Å². The average Bonchev–Trinajstić information content (AvgIpc) is 2.71. The minimum Gasteiger partial charge on any atom is -0.311 e. The summed E-state index contributed by atoms with van der Waals surface area (Å²) in [6.45, 7) is 3.63. The van der Waals surface area contributed by atoms with Crippen molar-refractivity contribution in [1.29, 1.82) is 0 Å². The fraction of sp³-hybridized carbons (Fsp3) is 1.00. The second-order valence-corrected chi connectivity index (χ2v) is 7.16. The van der Waals surface area contributed by atoms with Crippen LogP contribution in [-0.2, 0) is 0 Å². The molecule has 3 heterocycles. The van der Waals surface area contributed by atoms with Gasteiger partial charge in [0.05, 0.1) is 0 Å². The van der Waals surface area contributed by atoms with Crippen LogP contribution in [-0.4, -0.2) is 47.1 Å². The summed E-state index contributed by atoms with van der Waals surface area (Å²) in [4.78, 5) is 2.85. The van der Waals surface area contributed by atoms with E-state index in [1.807, 2.05) is 0 Å². The van der Waals surface area contributed by atoms with Gasteiger partial charge in [-0.15, -0.1) is 0 Å². The van der Waals surface area contributed by atoms with Crippen LogP contribution >= 0.6 is 11.8 Å². The van der Waals surface area contributed by atoms with Crippen LogP contribution in [0.25, 0.3) is 0 Å². The molecular weight excluding hydrogens is 228 g/mol. The summed E-state index contributed by atoms with van der Waals surface area (Å²) in [5, 5.41) is 3.77. The van der Waals surface area contributed by atoms with E-state index >= 15 is 0 Å². The van der Waals surface area contributed by atoms with E-state index in [-0.39, 0.29) is 0 Å². The molecule has 2 nitrogen and oxygen atoms in total. The molecule has 2 bridgehead atoms. The number of fused-ring (bicyclic) bond motifs is 2. The Hall–Kier alpha value is 0.270. The van der Waals surface area contributed by atoms with E-state index in [0.29, 0.717) is 0 Å². The van der Waals surface area contributed by atoms with Gasteiger partial charge in [-0.2, -0.15) is 11.8 Å². The third-order valence-corrected chi connectivity index (χ3v) is 5.99. The van der Waals surface area contributed by atoms with Gasteiger partial charge >= 0.3 is 0 Å². The summed E-state index contributed by atoms with van der Waals surface area (Å²) in [7, 11) is 0. The molecule has 3 fully saturated rings. The van der Waals surface area contributed by atoms with E-state index in [1.54, 1.807) is 0 Å². The van der Waals surface area contributed by atoms with Gasteiger partial charge in [0.15, 0.2) is 0 Å². The molecule has 0 aromatic carbocycles. The second-order valence-electron chi connectivity index (χ2n) is 5.94. The van der Waals surface area contributed by atoms with Crippen LogP contribution in [0.5, 0.6) is 0 Å². The van der Waals surface area contributed by atoms with Crippen molar-refractivity contribution in [3.8, 4) is 0 Å². The van der Waals surface area contributed by atoms with Crippen LogP contribution in [0.1, 0.15) is 45.4 Å². The SMILES string of the molecule is CCN(C1CCSCC1)C1CC2CCC(C1)N2. The fourth-order valence-electron chi connectivity index (χ4n) is 4.13. The largest absolute Gasteiger partial charge is 0.311 e. The molecule has 2 atom stereocenters. The first-order valence-corrected chi connectivity index (χ1v) is 8.62. The van der Waals surface area contributed by atoms with Crippen molar-refractivity contribution in [2.24, 2.45) is 0 Å². The van der Waals surface area contributed by atoms with Crippen LogP contribution < -0.4 is 5.32 Å². The zero-order chi connectivity index (χ0) is 11.7. The highest BCUT2D eigenvalue weighted by Crippen LogP contribution is 2.33. The molecule has 17 heavy (non-hydrogen) atoms. The predicted molar refractivity (Wildman–Crippen MR) is 75.7 cm³/mol. The van der Waals surface area contributed by atoms with E-state index < -0.39 is 0 Å². The molecule has 3 saturated heterocycles. The van der Waals surface area contributed by atoms with E-state index in [1.165, 1.54) is 56.6 Å². The molecule has 3 aliphatic heterocycles. The number of hydrogen-bond donors (Lipinski definition) is 1. The minimum atomic E-state index is 0.839. The lowest BCUT2D eigenvalue weighted by molar-refractivity contribution is 0.0944. The molecule has 0 radical (unpaired) electrons. The second kappa shape index (κ2) is 5.50. The van der Waals surface area contributed by atoms with Crippen LogP contribution in [0, 0.1) is 0 Å². The van der Waals surface area contributed by atoms with Crippen LogP contribution in [0.15, 0.2) is 0 Å². The summed E-state index contributed by atoms with van der Waals surface area (Å²) in [5.41, 5.74) is 0. The molecule has 3 rings (SSSR count). The Labute approximate surface area is 110 Å². The van der Waals surface area contributed by atoms with Crippen molar-refractivity contribution in [3.63, 3.8) is 0 Å². The van der Waals surface area contributed by atoms with E-state index in [4.69, 9.17) is 0 Å². The smallest absolute Gasteiger partial charge is 0.0128 e. The Bertz CT molecular complexity index is 241. The van der Waals surface area contributed by atoms with Gasteiger partial charge in [0.2, 0.25) is 0 Å². The van der Waals surface area contributed by atoms with Gasteiger partial charge < -0.3 is 5.32 Å². The number of rotatable bonds is 3.